The molecule has 0 aromatic heterocycles. The molecule has 6 heteroatoms. The fraction of sp³-hybridized carbons (Fsp3) is 0.462. The Balaban J connectivity index is 1.76. The molecule has 2 amide bonds. The highest BCUT2D eigenvalue weighted by atomic mass is 16.5. The van der Waals surface area contributed by atoms with Gasteiger partial charge in [-0.15, -0.1) is 0 Å². The van der Waals surface area contributed by atoms with Crippen LogP contribution in [0, 0.1) is 0 Å². The molecule has 1 atom stereocenters. The third-order valence-corrected chi connectivity index (χ3v) is 5.93. The number of nitrogens with one attached hydrogen (secondary N) is 1. The number of benzene rings is 2. The lowest BCUT2D eigenvalue weighted by Crippen LogP contribution is -2.52. The van der Waals surface area contributed by atoms with Crippen molar-refractivity contribution >= 4 is 11.8 Å². The second kappa shape index (κ2) is 12.1. The molecule has 0 radical (unpaired) electrons. The van der Waals surface area contributed by atoms with E-state index in [2.05, 4.69) is 5.32 Å². The maximum absolute atomic E-state index is 13.3. The lowest BCUT2D eigenvalue weighted by atomic mass is 9.95. The SMILES string of the molecule is CCC(C(=O)NC1CCCCC1)N(Cc1cccc(OC)c1)C(=O)COc1ccccc1. The molecule has 0 heterocycles. The third-order valence-electron chi connectivity index (χ3n) is 5.93. The molecule has 1 saturated carbocycles. The van der Waals surface area contributed by atoms with Gasteiger partial charge in [-0.2, -0.15) is 0 Å². The van der Waals surface area contributed by atoms with Crippen LogP contribution in [0.4, 0.5) is 0 Å². The molecule has 2 aromatic rings. The van der Waals surface area contributed by atoms with Crippen LogP contribution in [0.1, 0.15) is 51.0 Å². The van der Waals surface area contributed by atoms with Crippen LogP contribution in [0.25, 0.3) is 0 Å². The lowest BCUT2D eigenvalue weighted by Gasteiger charge is -2.32. The Morgan fingerprint density at radius 2 is 1.75 bits per heavy atom. The summed E-state index contributed by atoms with van der Waals surface area (Å²) in [5.41, 5.74) is 0.904. The van der Waals surface area contributed by atoms with Crippen molar-refractivity contribution in [1.29, 1.82) is 0 Å². The minimum absolute atomic E-state index is 0.0876. The first-order chi connectivity index (χ1) is 15.6. The zero-order chi connectivity index (χ0) is 22.8. The summed E-state index contributed by atoms with van der Waals surface area (Å²) in [6, 6.07) is 16.5. The summed E-state index contributed by atoms with van der Waals surface area (Å²) in [6.45, 7) is 2.13. The van der Waals surface area contributed by atoms with Crippen LogP contribution >= 0.6 is 0 Å². The maximum atomic E-state index is 13.3. The molecule has 3 rings (SSSR count). The molecule has 2 aromatic carbocycles. The molecule has 172 valence electrons. The first-order valence-electron chi connectivity index (χ1n) is 11.5. The van der Waals surface area contributed by atoms with Gasteiger partial charge in [-0.25, -0.2) is 0 Å². The average Bonchev–Trinajstić information content (AvgIpc) is 2.83. The van der Waals surface area contributed by atoms with E-state index in [9.17, 15) is 9.59 Å². The van der Waals surface area contributed by atoms with Gasteiger partial charge in [0.2, 0.25) is 5.91 Å². The fourth-order valence-corrected chi connectivity index (χ4v) is 4.18. The van der Waals surface area contributed by atoms with Gasteiger partial charge in [-0.3, -0.25) is 9.59 Å². The summed E-state index contributed by atoms with van der Waals surface area (Å²) in [5, 5.41) is 3.19. The van der Waals surface area contributed by atoms with Crippen LogP contribution in [0.5, 0.6) is 11.5 Å². The number of carbonyl (C=O) groups excluding carboxylic acids is 2. The van der Waals surface area contributed by atoms with Gasteiger partial charge >= 0.3 is 0 Å². The van der Waals surface area contributed by atoms with Crippen molar-refractivity contribution in [2.75, 3.05) is 13.7 Å². The zero-order valence-electron chi connectivity index (χ0n) is 19.1. The number of hydrogen-bond acceptors (Lipinski definition) is 4. The second-order valence-electron chi connectivity index (χ2n) is 8.24. The van der Waals surface area contributed by atoms with E-state index in [4.69, 9.17) is 9.47 Å². The number of carbonyl (C=O) groups is 2. The van der Waals surface area contributed by atoms with E-state index < -0.39 is 6.04 Å². The summed E-state index contributed by atoms with van der Waals surface area (Å²) in [7, 11) is 1.61. The van der Waals surface area contributed by atoms with Gasteiger partial charge in [0, 0.05) is 12.6 Å². The van der Waals surface area contributed by atoms with E-state index in [0.29, 0.717) is 18.7 Å². The summed E-state index contributed by atoms with van der Waals surface area (Å²) >= 11 is 0. The van der Waals surface area contributed by atoms with E-state index >= 15 is 0 Å². The van der Waals surface area contributed by atoms with Gasteiger partial charge in [0.1, 0.15) is 17.5 Å². The molecule has 0 bridgehead atoms. The number of methoxy groups -OCH3 is 1. The smallest absolute Gasteiger partial charge is 0.261 e. The Morgan fingerprint density at radius 1 is 1.03 bits per heavy atom. The van der Waals surface area contributed by atoms with Gasteiger partial charge in [0.05, 0.1) is 7.11 Å². The number of rotatable bonds is 10. The van der Waals surface area contributed by atoms with Crippen molar-refractivity contribution in [2.45, 2.75) is 64.1 Å². The number of para-hydroxylation sites is 1. The molecular weight excluding hydrogens is 404 g/mol. The highest BCUT2D eigenvalue weighted by Gasteiger charge is 2.30. The molecule has 1 aliphatic rings. The Morgan fingerprint density at radius 3 is 2.44 bits per heavy atom. The predicted molar refractivity (Wildman–Crippen MR) is 125 cm³/mol. The van der Waals surface area contributed by atoms with Crippen LogP contribution in [-0.4, -0.2) is 42.5 Å². The van der Waals surface area contributed by atoms with Crippen molar-refractivity contribution in [3.05, 3.63) is 60.2 Å². The van der Waals surface area contributed by atoms with Gasteiger partial charge in [-0.05, 0) is 49.1 Å². The van der Waals surface area contributed by atoms with E-state index in [1.165, 1.54) is 6.42 Å². The van der Waals surface area contributed by atoms with E-state index in [0.717, 1.165) is 37.0 Å². The number of hydrogen-bond donors (Lipinski definition) is 1. The highest BCUT2D eigenvalue weighted by Crippen LogP contribution is 2.20. The molecule has 1 aliphatic carbocycles. The zero-order valence-corrected chi connectivity index (χ0v) is 19.1. The summed E-state index contributed by atoms with van der Waals surface area (Å²) in [4.78, 5) is 28.1. The van der Waals surface area contributed by atoms with Crippen molar-refractivity contribution in [2.24, 2.45) is 0 Å². The lowest BCUT2D eigenvalue weighted by molar-refractivity contribution is -0.143. The van der Waals surface area contributed by atoms with E-state index in [1.807, 2.05) is 61.5 Å². The van der Waals surface area contributed by atoms with Crippen molar-refractivity contribution in [3.63, 3.8) is 0 Å². The van der Waals surface area contributed by atoms with Crippen LogP contribution in [0.2, 0.25) is 0 Å². The largest absolute Gasteiger partial charge is 0.497 e. The fourth-order valence-electron chi connectivity index (χ4n) is 4.18. The molecule has 0 aliphatic heterocycles. The Hall–Kier alpha value is -3.02. The van der Waals surface area contributed by atoms with Gasteiger partial charge in [-0.1, -0.05) is 56.5 Å². The second-order valence-corrected chi connectivity index (χ2v) is 8.24. The minimum Gasteiger partial charge on any atom is -0.497 e. The van der Waals surface area contributed by atoms with Gasteiger partial charge in [0.15, 0.2) is 6.61 Å². The third kappa shape index (κ3) is 6.74. The van der Waals surface area contributed by atoms with Crippen LogP contribution in [-0.2, 0) is 16.1 Å². The van der Waals surface area contributed by atoms with Crippen molar-refractivity contribution < 1.29 is 19.1 Å². The van der Waals surface area contributed by atoms with Crippen LogP contribution in [0.15, 0.2) is 54.6 Å². The molecular formula is C26H34N2O4. The van der Waals surface area contributed by atoms with Gasteiger partial charge in [0.25, 0.3) is 5.91 Å². The maximum Gasteiger partial charge on any atom is 0.261 e. The quantitative estimate of drug-likeness (QED) is 0.600. The first-order valence-corrected chi connectivity index (χ1v) is 11.5. The number of amides is 2. The van der Waals surface area contributed by atoms with E-state index in [-0.39, 0.29) is 24.5 Å². The molecule has 0 spiro atoms. The molecule has 1 N–H and O–H groups in total. The monoisotopic (exact) mass is 438 g/mol. The predicted octanol–water partition coefficient (Wildman–Crippen LogP) is 4.33. The molecule has 32 heavy (non-hydrogen) atoms. The minimum atomic E-state index is -0.560. The van der Waals surface area contributed by atoms with Crippen LogP contribution < -0.4 is 14.8 Å². The standard InChI is InChI=1S/C26H34N2O4/c1-3-24(26(30)27-21-12-6-4-7-13-21)28(18-20-11-10-16-23(17-20)31-2)25(29)19-32-22-14-8-5-9-15-22/h5,8-11,14-17,21,24H,3-4,6-7,12-13,18-19H2,1-2H3,(H,27,30). The Labute approximate surface area is 190 Å². The summed E-state index contributed by atoms with van der Waals surface area (Å²) < 4.78 is 11.0. The van der Waals surface area contributed by atoms with Crippen LogP contribution in [0.3, 0.4) is 0 Å². The van der Waals surface area contributed by atoms with Crippen molar-refractivity contribution in [3.8, 4) is 11.5 Å². The molecule has 6 nitrogen and oxygen atoms in total. The first kappa shape index (κ1) is 23.6. The number of nitrogens with zero attached hydrogens (tertiary/aromatic N) is 1. The summed E-state index contributed by atoms with van der Waals surface area (Å²) in [6.07, 6.45) is 6.03. The van der Waals surface area contributed by atoms with E-state index in [1.54, 1.807) is 12.0 Å². The van der Waals surface area contributed by atoms with Gasteiger partial charge < -0.3 is 19.7 Å². The Kier molecular flexibility index (Phi) is 8.96. The molecule has 1 unspecified atom stereocenters. The molecule has 1 fully saturated rings. The highest BCUT2D eigenvalue weighted by molar-refractivity contribution is 5.88. The molecule has 0 saturated heterocycles. The average molecular weight is 439 g/mol. The Bertz CT molecular complexity index is 865. The number of ether oxygens (including phenoxy) is 2. The normalized spacial score (nSPS) is 14.9. The topological polar surface area (TPSA) is 67.9 Å². The van der Waals surface area contributed by atoms with Crippen molar-refractivity contribution in [1.82, 2.24) is 10.2 Å². The summed E-state index contributed by atoms with van der Waals surface area (Å²) in [5.74, 6) is 1.04.